The summed E-state index contributed by atoms with van der Waals surface area (Å²) in [6.45, 7) is 0.525. The molecule has 2 aromatic rings. The van der Waals surface area contributed by atoms with E-state index in [1.54, 1.807) is 19.2 Å². The van der Waals surface area contributed by atoms with Gasteiger partial charge in [-0.25, -0.2) is 0 Å². The maximum atomic E-state index is 13.6. The summed E-state index contributed by atoms with van der Waals surface area (Å²) in [4.78, 5) is 29.4. The van der Waals surface area contributed by atoms with Gasteiger partial charge in [-0.15, -0.1) is 11.3 Å². The van der Waals surface area contributed by atoms with Crippen LogP contribution in [-0.4, -0.2) is 54.8 Å². The van der Waals surface area contributed by atoms with E-state index in [9.17, 15) is 19.7 Å². The van der Waals surface area contributed by atoms with Crippen LogP contribution in [0.25, 0.3) is 0 Å². The molecule has 0 spiro atoms. The first-order valence-corrected chi connectivity index (χ1v) is 13.3. The first-order valence-electron chi connectivity index (χ1n) is 11.3. The van der Waals surface area contributed by atoms with Crippen LogP contribution < -0.4 is 4.74 Å². The number of carbonyl (C=O) groups excluding carboxylic acids is 2. The van der Waals surface area contributed by atoms with Crippen LogP contribution in [0.15, 0.2) is 40.7 Å². The molecule has 1 aromatic heterocycles. The number of phenolic OH excluding ortho intramolecular Hbond substituents is 1. The highest BCUT2D eigenvalue weighted by molar-refractivity contribution is 14.1. The molecule has 2 saturated heterocycles. The maximum absolute atomic E-state index is 13.6. The van der Waals surface area contributed by atoms with E-state index in [2.05, 4.69) is 0 Å². The van der Waals surface area contributed by atoms with Gasteiger partial charge < -0.3 is 24.3 Å². The highest BCUT2D eigenvalue weighted by Gasteiger charge is 2.57. The third-order valence-electron chi connectivity index (χ3n) is 7.16. The van der Waals surface area contributed by atoms with E-state index in [0.29, 0.717) is 27.6 Å². The van der Waals surface area contributed by atoms with Gasteiger partial charge in [0.15, 0.2) is 11.5 Å². The van der Waals surface area contributed by atoms with Crippen molar-refractivity contribution in [2.45, 2.75) is 25.5 Å². The second-order valence-corrected chi connectivity index (χ2v) is 11.2. The molecule has 11 heteroatoms. The molecule has 1 aliphatic carbocycles. The van der Waals surface area contributed by atoms with Crippen LogP contribution in [0.1, 0.15) is 29.4 Å². The smallest absolute Gasteiger partial charge is 0.487 e. The van der Waals surface area contributed by atoms with Crippen molar-refractivity contribution in [2.75, 3.05) is 20.8 Å². The summed E-state index contributed by atoms with van der Waals surface area (Å²) in [7, 11) is 1.82. The Morgan fingerprint density at radius 3 is 2.74 bits per heavy atom. The summed E-state index contributed by atoms with van der Waals surface area (Å²) >= 11 is 3.53. The Morgan fingerprint density at radius 1 is 1.26 bits per heavy atom. The van der Waals surface area contributed by atoms with Crippen LogP contribution in [0.3, 0.4) is 0 Å². The van der Waals surface area contributed by atoms with Crippen molar-refractivity contribution in [1.82, 2.24) is 4.90 Å². The SMILES string of the molecule is COCC1=C2B(O)O[C@H](c3cc(I)c(O)c(OC)c3)C[C@H]2[C@H]2C(=O)N(Cc3cccs3)C(=O)[C@H]2C1. The Morgan fingerprint density at radius 2 is 2.06 bits per heavy atom. The third-order valence-corrected chi connectivity index (χ3v) is 8.84. The lowest BCUT2D eigenvalue weighted by molar-refractivity contribution is -0.140. The molecule has 35 heavy (non-hydrogen) atoms. The first-order chi connectivity index (χ1) is 16.8. The zero-order chi connectivity index (χ0) is 24.9. The number of nitrogens with zero attached hydrogens (tertiary/aromatic N) is 1. The Labute approximate surface area is 221 Å². The Balaban J connectivity index is 1.51. The largest absolute Gasteiger partial charge is 0.504 e. The summed E-state index contributed by atoms with van der Waals surface area (Å²) in [5.41, 5.74) is 2.20. The molecule has 0 radical (unpaired) electrons. The fourth-order valence-corrected chi connectivity index (χ4v) is 6.97. The molecular weight excluding hydrogens is 584 g/mol. The molecule has 8 nitrogen and oxygen atoms in total. The van der Waals surface area contributed by atoms with Gasteiger partial charge in [-0.05, 0) is 81.5 Å². The summed E-state index contributed by atoms with van der Waals surface area (Å²) in [5.74, 6) is -1.43. The maximum Gasteiger partial charge on any atom is 0.487 e. The highest BCUT2D eigenvalue weighted by atomic mass is 127. The van der Waals surface area contributed by atoms with E-state index in [1.807, 2.05) is 40.1 Å². The fraction of sp³-hybridized carbons (Fsp3) is 0.417. The minimum absolute atomic E-state index is 0.0368. The van der Waals surface area contributed by atoms with Crippen molar-refractivity contribution < 1.29 is 33.8 Å². The molecule has 4 atom stereocenters. The molecule has 0 unspecified atom stereocenters. The molecule has 3 heterocycles. The van der Waals surface area contributed by atoms with E-state index < -0.39 is 25.1 Å². The molecule has 5 rings (SSSR count). The number of thiophene rings is 1. The first kappa shape index (κ1) is 24.8. The number of hydrogen-bond acceptors (Lipinski definition) is 8. The summed E-state index contributed by atoms with van der Waals surface area (Å²) in [5, 5.41) is 23.3. The number of aromatic hydroxyl groups is 1. The van der Waals surface area contributed by atoms with Gasteiger partial charge in [0.1, 0.15) is 0 Å². The number of amides is 2. The van der Waals surface area contributed by atoms with Crippen LogP contribution in [-0.2, 0) is 25.5 Å². The number of hydrogen-bond donors (Lipinski definition) is 2. The number of fused-ring (bicyclic) bond motifs is 3. The summed E-state index contributed by atoms with van der Waals surface area (Å²) in [6.07, 6.45) is 0.237. The number of methoxy groups -OCH3 is 2. The number of halogens is 1. The van der Waals surface area contributed by atoms with Gasteiger partial charge in [-0.3, -0.25) is 14.5 Å². The summed E-state index contributed by atoms with van der Waals surface area (Å²) < 4.78 is 17.3. The quantitative estimate of drug-likeness (QED) is 0.294. The van der Waals surface area contributed by atoms with E-state index >= 15 is 0 Å². The molecule has 2 N–H and O–H groups in total. The van der Waals surface area contributed by atoms with E-state index in [0.717, 1.165) is 16.0 Å². The predicted octanol–water partition coefficient (Wildman–Crippen LogP) is 3.31. The number of likely N-dealkylation sites (tertiary alicyclic amines) is 1. The lowest BCUT2D eigenvalue weighted by Crippen LogP contribution is -2.45. The number of phenols is 1. The van der Waals surface area contributed by atoms with Crippen molar-refractivity contribution in [1.29, 1.82) is 0 Å². The predicted molar refractivity (Wildman–Crippen MR) is 138 cm³/mol. The Hall–Kier alpha value is -1.93. The van der Waals surface area contributed by atoms with Gasteiger partial charge >= 0.3 is 7.12 Å². The third kappa shape index (κ3) is 4.31. The molecule has 2 amide bonds. The lowest BCUT2D eigenvalue weighted by Gasteiger charge is -2.42. The van der Waals surface area contributed by atoms with Gasteiger partial charge in [0, 0.05) is 12.0 Å². The lowest BCUT2D eigenvalue weighted by atomic mass is 9.55. The van der Waals surface area contributed by atoms with E-state index in [-0.39, 0.29) is 36.6 Å². The Kier molecular flexibility index (Phi) is 6.97. The van der Waals surface area contributed by atoms with Crippen molar-refractivity contribution in [3.63, 3.8) is 0 Å². The number of rotatable bonds is 6. The average Bonchev–Trinajstić information content (AvgIpc) is 3.43. The fourth-order valence-electron chi connectivity index (χ4n) is 5.65. The molecule has 2 aliphatic heterocycles. The van der Waals surface area contributed by atoms with Crippen molar-refractivity contribution >= 4 is 52.9 Å². The zero-order valence-electron chi connectivity index (χ0n) is 19.3. The number of allylic oxidation sites excluding steroid dienone is 1. The molecule has 1 aromatic carbocycles. The number of benzene rings is 1. The zero-order valence-corrected chi connectivity index (χ0v) is 22.2. The molecule has 0 bridgehead atoms. The van der Waals surface area contributed by atoms with Gasteiger partial charge in [0.05, 0.1) is 41.8 Å². The molecule has 2 fully saturated rings. The normalized spacial score (nSPS) is 26.3. The van der Waals surface area contributed by atoms with Gasteiger partial charge in [0.2, 0.25) is 11.8 Å². The van der Waals surface area contributed by atoms with Gasteiger partial charge in [-0.2, -0.15) is 0 Å². The van der Waals surface area contributed by atoms with Crippen molar-refractivity contribution in [3.05, 3.63) is 54.7 Å². The van der Waals surface area contributed by atoms with Crippen molar-refractivity contribution in [3.8, 4) is 11.5 Å². The molecular formula is C24H25BINO7S. The second kappa shape index (κ2) is 9.85. The Bertz CT molecular complexity index is 1190. The van der Waals surface area contributed by atoms with Gasteiger partial charge in [-0.1, -0.05) is 6.07 Å². The van der Waals surface area contributed by atoms with Crippen LogP contribution in [0.5, 0.6) is 11.5 Å². The number of carbonyl (C=O) groups is 2. The second-order valence-electron chi connectivity index (χ2n) is 9.04. The van der Waals surface area contributed by atoms with Crippen LogP contribution in [0, 0.1) is 21.3 Å². The topological polar surface area (TPSA) is 106 Å². The van der Waals surface area contributed by atoms with E-state index in [1.165, 1.54) is 23.3 Å². The highest BCUT2D eigenvalue weighted by Crippen LogP contribution is 2.52. The molecule has 3 aliphatic rings. The van der Waals surface area contributed by atoms with Crippen LogP contribution in [0.4, 0.5) is 0 Å². The minimum atomic E-state index is -1.23. The van der Waals surface area contributed by atoms with Crippen LogP contribution >= 0.6 is 33.9 Å². The number of ether oxygens (including phenoxy) is 2. The van der Waals surface area contributed by atoms with Gasteiger partial charge in [0.25, 0.3) is 0 Å². The average molecular weight is 609 g/mol. The summed E-state index contributed by atoms with van der Waals surface area (Å²) in [6, 6.07) is 7.29. The van der Waals surface area contributed by atoms with Crippen molar-refractivity contribution in [2.24, 2.45) is 17.8 Å². The van der Waals surface area contributed by atoms with E-state index in [4.69, 9.17) is 14.1 Å². The monoisotopic (exact) mass is 609 g/mol. The number of imide groups is 1. The minimum Gasteiger partial charge on any atom is -0.504 e. The standard InChI is InChI=1S/C24H25BINO7S/c1-32-11-13-6-16-20(24(30)27(23(16)29)10-14-4-3-5-35-14)15-9-18(34-25(31)21(13)15)12-7-17(26)22(28)19(8-12)33-2/h3-5,7-8,15-16,18,20,28,31H,6,9-11H2,1-2H3/t15-,16-,18-,20+/m0/s1. The molecule has 184 valence electrons. The molecule has 0 saturated carbocycles. The van der Waals surface area contributed by atoms with Crippen LogP contribution in [0.2, 0.25) is 0 Å².